The summed E-state index contributed by atoms with van der Waals surface area (Å²) in [6, 6.07) is -0.00167. The zero-order valence-corrected chi connectivity index (χ0v) is 9.90. The van der Waals surface area contributed by atoms with Crippen molar-refractivity contribution in [1.82, 2.24) is 9.03 Å². The summed E-state index contributed by atoms with van der Waals surface area (Å²) in [7, 11) is -3.25. The molecule has 1 atom stereocenters. The molecule has 0 aliphatic carbocycles. The highest BCUT2D eigenvalue weighted by Crippen LogP contribution is 2.10. The third kappa shape index (κ3) is 3.70. The molecule has 1 heterocycles. The molecule has 1 aliphatic heterocycles. The van der Waals surface area contributed by atoms with Gasteiger partial charge < -0.3 is 5.73 Å². The fourth-order valence-electron chi connectivity index (χ4n) is 1.29. The SMILES string of the molecule is CCCNS(=O)(=O)N1CCC(N)C1.Cl. The largest absolute Gasteiger partial charge is 0.326 e. The van der Waals surface area contributed by atoms with Crippen molar-refractivity contribution in [3.05, 3.63) is 0 Å². The third-order valence-electron chi connectivity index (χ3n) is 2.06. The van der Waals surface area contributed by atoms with Gasteiger partial charge in [-0.25, -0.2) is 4.72 Å². The molecule has 3 N–H and O–H groups in total. The number of nitrogens with two attached hydrogens (primary N) is 1. The molecule has 0 spiro atoms. The van der Waals surface area contributed by atoms with Crippen LogP contribution in [0.4, 0.5) is 0 Å². The summed E-state index contributed by atoms with van der Waals surface area (Å²) in [6.07, 6.45) is 1.56. The summed E-state index contributed by atoms with van der Waals surface area (Å²) in [5.41, 5.74) is 5.62. The normalized spacial score (nSPS) is 23.4. The smallest absolute Gasteiger partial charge is 0.279 e. The van der Waals surface area contributed by atoms with Crippen molar-refractivity contribution in [3.63, 3.8) is 0 Å². The van der Waals surface area contributed by atoms with Crippen LogP contribution in [0.25, 0.3) is 0 Å². The number of hydrogen-bond donors (Lipinski definition) is 2. The van der Waals surface area contributed by atoms with Crippen molar-refractivity contribution in [2.75, 3.05) is 19.6 Å². The first kappa shape index (κ1) is 14.1. The van der Waals surface area contributed by atoms with E-state index >= 15 is 0 Å². The van der Waals surface area contributed by atoms with E-state index in [1.54, 1.807) is 0 Å². The highest BCUT2D eigenvalue weighted by molar-refractivity contribution is 7.87. The van der Waals surface area contributed by atoms with Gasteiger partial charge in [-0.1, -0.05) is 6.92 Å². The Kier molecular flexibility index (Phi) is 5.92. The van der Waals surface area contributed by atoms with E-state index in [0.29, 0.717) is 19.6 Å². The predicted octanol–water partition coefficient (Wildman–Crippen LogP) is -0.314. The lowest BCUT2D eigenvalue weighted by Gasteiger charge is -2.15. The Bertz CT molecular complexity index is 258. The molecule has 0 aromatic carbocycles. The molecule has 0 saturated carbocycles. The van der Waals surface area contributed by atoms with Gasteiger partial charge in [0.15, 0.2) is 0 Å². The van der Waals surface area contributed by atoms with E-state index in [2.05, 4.69) is 4.72 Å². The van der Waals surface area contributed by atoms with Gasteiger partial charge in [0.25, 0.3) is 10.2 Å². The molecule has 1 saturated heterocycles. The summed E-state index contributed by atoms with van der Waals surface area (Å²) >= 11 is 0. The maximum atomic E-state index is 11.5. The van der Waals surface area contributed by atoms with E-state index in [-0.39, 0.29) is 18.4 Å². The van der Waals surface area contributed by atoms with E-state index < -0.39 is 10.2 Å². The topological polar surface area (TPSA) is 75.4 Å². The Balaban J connectivity index is 0.00000169. The zero-order valence-electron chi connectivity index (χ0n) is 8.27. The fourth-order valence-corrected chi connectivity index (χ4v) is 2.67. The Morgan fingerprint density at radius 3 is 2.64 bits per heavy atom. The Morgan fingerprint density at radius 2 is 2.21 bits per heavy atom. The maximum absolute atomic E-state index is 11.5. The van der Waals surface area contributed by atoms with Crippen LogP contribution in [0.3, 0.4) is 0 Å². The molecule has 0 bridgehead atoms. The van der Waals surface area contributed by atoms with E-state index in [0.717, 1.165) is 12.8 Å². The molecule has 1 aliphatic rings. The van der Waals surface area contributed by atoms with Crippen LogP contribution in [-0.2, 0) is 10.2 Å². The van der Waals surface area contributed by atoms with Crippen molar-refractivity contribution >= 4 is 22.6 Å². The average molecular weight is 244 g/mol. The number of nitrogens with zero attached hydrogens (tertiary/aromatic N) is 1. The van der Waals surface area contributed by atoms with Crippen molar-refractivity contribution in [2.45, 2.75) is 25.8 Å². The summed E-state index contributed by atoms with van der Waals surface area (Å²) in [6.45, 7) is 3.41. The van der Waals surface area contributed by atoms with Crippen LogP contribution in [-0.4, -0.2) is 38.4 Å². The molecule has 0 amide bonds. The van der Waals surface area contributed by atoms with Crippen LogP contribution in [0.5, 0.6) is 0 Å². The minimum Gasteiger partial charge on any atom is -0.326 e. The Morgan fingerprint density at radius 1 is 1.57 bits per heavy atom. The first-order valence-corrected chi connectivity index (χ1v) is 6.00. The number of rotatable bonds is 4. The van der Waals surface area contributed by atoms with Gasteiger partial charge in [0.1, 0.15) is 0 Å². The Labute approximate surface area is 91.6 Å². The molecule has 86 valence electrons. The van der Waals surface area contributed by atoms with Crippen molar-refractivity contribution in [3.8, 4) is 0 Å². The minimum absolute atomic E-state index is 0. The van der Waals surface area contributed by atoms with Gasteiger partial charge in [0, 0.05) is 25.7 Å². The van der Waals surface area contributed by atoms with Crippen LogP contribution in [0, 0.1) is 0 Å². The van der Waals surface area contributed by atoms with E-state index in [1.165, 1.54) is 4.31 Å². The monoisotopic (exact) mass is 243 g/mol. The fraction of sp³-hybridized carbons (Fsp3) is 1.00. The summed E-state index contributed by atoms with van der Waals surface area (Å²) in [5.74, 6) is 0. The number of hydrogen-bond acceptors (Lipinski definition) is 3. The molecule has 1 unspecified atom stereocenters. The van der Waals surface area contributed by atoms with Crippen molar-refractivity contribution < 1.29 is 8.42 Å². The summed E-state index contributed by atoms with van der Waals surface area (Å²) < 4.78 is 26.9. The second-order valence-electron chi connectivity index (χ2n) is 3.31. The second-order valence-corrected chi connectivity index (χ2v) is 5.06. The van der Waals surface area contributed by atoms with Crippen LogP contribution in [0.2, 0.25) is 0 Å². The zero-order chi connectivity index (χ0) is 9.90. The molecule has 5 nitrogen and oxygen atoms in total. The van der Waals surface area contributed by atoms with E-state index in [9.17, 15) is 8.42 Å². The molecule has 1 fully saturated rings. The Hall–Kier alpha value is 0.120. The van der Waals surface area contributed by atoms with E-state index in [1.807, 2.05) is 6.92 Å². The van der Waals surface area contributed by atoms with Crippen molar-refractivity contribution in [1.29, 1.82) is 0 Å². The predicted molar refractivity (Wildman–Crippen MR) is 58.6 cm³/mol. The molecule has 0 aromatic rings. The quantitative estimate of drug-likeness (QED) is 0.711. The van der Waals surface area contributed by atoms with Crippen molar-refractivity contribution in [2.24, 2.45) is 5.73 Å². The minimum atomic E-state index is -3.25. The molecule has 14 heavy (non-hydrogen) atoms. The van der Waals surface area contributed by atoms with Crippen LogP contribution in [0.15, 0.2) is 0 Å². The van der Waals surface area contributed by atoms with Crippen LogP contribution >= 0.6 is 12.4 Å². The lowest BCUT2D eigenvalue weighted by molar-refractivity contribution is 0.460. The second kappa shape index (κ2) is 5.87. The highest BCUT2D eigenvalue weighted by atomic mass is 35.5. The lowest BCUT2D eigenvalue weighted by atomic mass is 10.3. The van der Waals surface area contributed by atoms with Gasteiger partial charge in [-0.2, -0.15) is 12.7 Å². The molecule has 0 radical (unpaired) electrons. The highest BCUT2D eigenvalue weighted by Gasteiger charge is 2.28. The standard InChI is InChI=1S/C7H17N3O2S.ClH/c1-2-4-9-13(11,12)10-5-3-7(8)6-10;/h7,9H,2-6,8H2,1H3;1H. The van der Waals surface area contributed by atoms with Gasteiger partial charge in [0.05, 0.1) is 0 Å². The average Bonchev–Trinajstić information content (AvgIpc) is 2.49. The van der Waals surface area contributed by atoms with Crippen LogP contribution < -0.4 is 10.5 Å². The molecule has 0 aromatic heterocycles. The van der Waals surface area contributed by atoms with Gasteiger partial charge >= 0.3 is 0 Å². The number of nitrogens with one attached hydrogen (secondary N) is 1. The first-order chi connectivity index (χ1) is 6.06. The molecule has 1 rings (SSSR count). The molecular formula is C7H18ClN3O2S. The molecule has 7 heteroatoms. The lowest BCUT2D eigenvalue weighted by Crippen LogP contribution is -2.40. The first-order valence-electron chi connectivity index (χ1n) is 4.56. The van der Waals surface area contributed by atoms with Crippen LogP contribution in [0.1, 0.15) is 19.8 Å². The van der Waals surface area contributed by atoms with Gasteiger partial charge in [-0.05, 0) is 12.8 Å². The number of halogens is 1. The van der Waals surface area contributed by atoms with Gasteiger partial charge in [0.2, 0.25) is 0 Å². The molecular weight excluding hydrogens is 226 g/mol. The van der Waals surface area contributed by atoms with E-state index in [4.69, 9.17) is 5.73 Å². The van der Waals surface area contributed by atoms with Gasteiger partial charge in [-0.15, -0.1) is 12.4 Å². The third-order valence-corrected chi connectivity index (χ3v) is 3.64. The maximum Gasteiger partial charge on any atom is 0.279 e. The summed E-state index contributed by atoms with van der Waals surface area (Å²) in [4.78, 5) is 0. The van der Waals surface area contributed by atoms with Gasteiger partial charge in [-0.3, -0.25) is 0 Å². The summed E-state index contributed by atoms with van der Waals surface area (Å²) in [5, 5.41) is 0.